The molecule has 0 fully saturated rings. The first-order chi connectivity index (χ1) is 18.0. The van der Waals surface area contributed by atoms with Crippen molar-refractivity contribution in [3.63, 3.8) is 0 Å². The molecule has 4 aromatic rings. The smallest absolute Gasteiger partial charge is 0.451 e. The maximum atomic E-state index is 13.7. The number of benzene rings is 3. The molecule has 1 heterocycles. The van der Waals surface area contributed by atoms with E-state index in [-0.39, 0.29) is 41.7 Å². The fraction of sp³-hybridized carbons (Fsp3) is 0.0800. The zero-order valence-electron chi connectivity index (χ0n) is 20.6. The SMILES string of the molecule is COC(=O)N(NC(=O)c1c(CN=[N+]=[N-])c(-c2ccccc2)nc2ccccc12)c1ccccc1.[N-]=[N+]=[N-].[Na+]. The molecule has 0 radical (unpaired) electrons. The van der Waals surface area contributed by atoms with Gasteiger partial charge >= 0.3 is 35.7 Å². The van der Waals surface area contributed by atoms with E-state index in [1.54, 1.807) is 48.5 Å². The first kappa shape index (κ1) is 29.7. The zero-order chi connectivity index (χ0) is 26.6. The number of anilines is 1. The normalized spacial score (nSPS) is 9.39. The van der Waals surface area contributed by atoms with E-state index >= 15 is 0 Å². The van der Waals surface area contributed by atoms with Crippen molar-refractivity contribution in [1.29, 1.82) is 0 Å². The van der Waals surface area contributed by atoms with E-state index in [0.29, 0.717) is 27.8 Å². The van der Waals surface area contributed by atoms with Gasteiger partial charge in [-0.25, -0.2) is 9.78 Å². The van der Waals surface area contributed by atoms with Gasteiger partial charge in [0.2, 0.25) is 0 Å². The van der Waals surface area contributed by atoms with Crippen LogP contribution in [0.25, 0.3) is 48.6 Å². The Morgan fingerprint density at radius 1 is 0.947 bits per heavy atom. The molecule has 1 N–H and O–H groups in total. The average Bonchev–Trinajstić information content (AvgIpc) is 2.94. The monoisotopic (exact) mass is 517 g/mol. The number of aromatic nitrogens is 1. The number of rotatable bonds is 5. The molecule has 0 bridgehead atoms. The Balaban J connectivity index is 0.00000121. The molecular formula is C25H20N9NaO3. The topological polar surface area (TPSA) is 179 Å². The summed E-state index contributed by atoms with van der Waals surface area (Å²) in [6, 6.07) is 25.1. The number of methoxy groups -OCH3 is 1. The minimum absolute atomic E-state index is 0. The maximum Gasteiger partial charge on any atom is 1.00 e. The average molecular weight is 517 g/mol. The Labute approximate surface area is 239 Å². The number of carbonyl (C=O) groups is 2. The van der Waals surface area contributed by atoms with E-state index in [1.807, 2.05) is 36.4 Å². The van der Waals surface area contributed by atoms with E-state index in [1.165, 1.54) is 12.0 Å². The second kappa shape index (κ2) is 14.9. The van der Waals surface area contributed by atoms with E-state index in [0.717, 1.165) is 10.6 Å². The molecule has 3 aromatic carbocycles. The second-order valence-corrected chi connectivity index (χ2v) is 7.26. The first-order valence-electron chi connectivity index (χ1n) is 10.8. The molecule has 2 amide bonds. The number of hydrogen-bond donors (Lipinski definition) is 1. The zero-order valence-corrected chi connectivity index (χ0v) is 22.6. The van der Waals surface area contributed by atoms with Crippen molar-refractivity contribution in [3.05, 3.63) is 122 Å². The van der Waals surface area contributed by atoms with Crippen LogP contribution >= 0.6 is 0 Å². The molecule has 4 rings (SSSR count). The van der Waals surface area contributed by atoms with Gasteiger partial charge in [0.05, 0.1) is 36.1 Å². The Morgan fingerprint density at radius 3 is 2.13 bits per heavy atom. The Hall–Kier alpha value is -4.57. The predicted octanol–water partition coefficient (Wildman–Crippen LogP) is 3.50. The van der Waals surface area contributed by atoms with Gasteiger partial charge in [-0.2, -0.15) is 5.01 Å². The number of pyridine rings is 1. The Bertz CT molecular complexity index is 1490. The van der Waals surface area contributed by atoms with Crippen molar-refractivity contribution in [2.45, 2.75) is 6.54 Å². The van der Waals surface area contributed by atoms with Crippen molar-refractivity contribution in [2.24, 2.45) is 5.11 Å². The molecular weight excluding hydrogens is 497 g/mol. The van der Waals surface area contributed by atoms with Crippen LogP contribution in [-0.2, 0) is 11.3 Å². The molecule has 0 aliphatic heterocycles. The quantitative estimate of drug-likeness (QED) is 0.140. The number of amides is 2. The van der Waals surface area contributed by atoms with Gasteiger partial charge in [-0.3, -0.25) is 15.1 Å². The number of carbonyl (C=O) groups excluding carboxylic acids is 2. The number of nitrogens with zero attached hydrogens (tertiary/aromatic N) is 8. The number of nitrogens with one attached hydrogen (secondary N) is 1. The van der Waals surface area contributed by atoms with E-state index < -0.39 is 12.0 Å². The summed E-state index contributed by atoms with van der Waals surface area (Å²) < 4.78 is 4.87. The fourth-order valence-electron chi connectivity index (χ4n) is 3.64. The van der Waals surface area contributed by atoms with Crippen LogP contribution in [0.5, 0.6) is 0 Å². The third-order valence-corrected chi connectivity index (χ3v) is 5.14. The van der Waals surface area contributed by atoms with Crippen molar-refractivity contribution < 1.29 is 43.9 Å². The number of para-hydroxylation sites is 2. The molecule has 12 nitrogen and oxygen atoms in total. The van der Waals surface area contributed by atoms with Crippen LogP contribution in [0.2, 0.25) is 0 Å². The van der Waals surface area contributed by atoms with Crippen LogP contribution in [0, 0.1) is 0 Å². The van der Waals surface area contributed by atoms with Crippen molar-refractivity contribution in [2.75, 3.05) is 12.1 Å². The maximum absolute atomic E-state index is 13.7. The van der Waals surface area contributed by atoms with E-state index in [2.05, 4.69) is 15.5 Å². The third kappa shape index (κ3) is 7.01. The molecule has 0 saturated heterocycles. The van der Waals surface area contributed by atoms with Gasteiger partial charge in [0.25, 0.3) is 5.91 Å². The van der Waals surface area contributed by atoms with Crippen LogP contribution < -0.4 is 40.0 Å². The number of ether oxygens (including phenoxy) is 1. The van der Waals surface area contributed by atoms with Gasteiger partial charge in [-0.05, 0) is 29.3 Å². The molecule has 0 aliphatic carbocycles. The van der Waals surface area contributed by atoms with Crippen LogP contribution in [0.4, 0.5) is 10.5 Å². The molecule has 0 unspecified atom stereocenters. The molecule has 1 aromatic heterocycles. The molecule has 0 atom stereocenters. The molecule has 0 spiro atoms. The summed E-state index contributed by atoms with van der Waals surface area (Å²) in [4.78, 5) is 35.3. The van der Waals surface area contributed by atoms with Gasteiger partial charge in [0.15, 0.2) is 0 Å². The molecule has 38 heavy (non-hydrogen) atoms. The first-order valence-corrected chi connectivity index (χ1v) is 10.8. The van der Waals surface area contributed by atoms with E-state index in [4.69, 9.17) is 26.3 Å². The number of fused-ring (bicyclic) bond motifs is 1. The summed E-state index contributed by atoms with van der Waals surface area (Å²) in [6.45, 7) is -0.106. The van der Waals surface area contributed by atoms with Gasteiger partial charge in [-0.1, -0.05) is 71.8 Å². The van der Waals surface area contributed by atoms with E-state index in [9.17, 15) is 9.59 Å². The van der Waals surface area contributed by atoms with Crippen molar-refractivity contribution in [3.8, 4) is 11.3 Å². The Morgan fingerprint density at radius 2 is 1.53 bits per heavy atom. The van der Waals surface area contributed by atoms with Gasteiger partial charge in [0, 0.05) is 15.9 Å². The summed E-state index contributed by atoms with van der Waals surface area (Å²) in [6.07, 6.45) is -0.766. The van der Waals surface area contributed by atoms with Crippen LogP contribution in [0.15, 0.2) is 90.0 Å². The summed E-state index contributed by atoms with van der Waals surface area (Å²) in [5.41, 5.74) is 28.1. The number of hydrazine groups is 1. The summed E-state index contributed by atoms with van der Waals surface area (Å²) in [5, 5.41) is 5.30. The van der Waals surface area contributed by atoms with Gasteiger partial charge in [-0.15, -0.1) is 0 Å². The minimum Gasteiger partial charge on any atom is -0.451 e. The van der Waals surface area contributed by atoms with Crippen LogP contribution in [0.3, 0.4) is 0 Å². The molecule has 0 saturated carbocycles. The van der Waals surface area contributed by atoms with Crippen LogP contribution in [0.1, 0.15) is 15.9 Å². The number of hydrogen-bond acceptors (Lipinski definition) is 5. The Kier molecular flexibility index (Phi) is 11.6. The van der Waals surface area contributed by atoms with Crippen molar-refractivity contribution in [1.82, 2.24) is 10.4 Å². The van der Waals surface area contributed by atoms with Crippen molar-refractivity contribution >= 4 is 28.6 Å². The van der Waals surface area contributed by atoms with Crippen LogP contribution in [-0.4, -0.2) is 24.1 Å². The second-order valence-electron chi connectivity index (χ2n) is 7.26. The molecule has 0 aliphatic rings. The molecule has 184 valence electrons. The summed E-state index contributed by atoms with van der Waals surface area (Å²) in [7, 11) is 1.23. The largest absolute Gasteiger partial charge is 1.00 e. The van der Waals surface area contributed by atoms with Gasteiger partial charge < -0.3 is 15.8 Å². The standard InChI is InChI=1S/C25H20N6O3.N3.Na/c1-34-25(33)31(18-12-6-3-7-13-18)29-24(32)22-19-14-8-9-15-21(19)28-23(20(22)16-27-30-26)17-10-4-2-5-11-17;1-3-2;/h2-15H,16H2,1H3,(H,29,32);;/q;-1;+1. The van der Waals surface area contributed by atoms with Gasteiger partial charge in [0.1, 0.15) is 0 Å². The predicted molar refractivity (Wildman–Crippen MR) is 139 cm³/mol. The molecule has 13 heteroatoms. The summed E-state index contributed by atoms with van der Waals surface area (Å²) >= 11 is 0. The minimum atomic E-state index is -0.766. The fourth-order valence-corrected chi connectivity index (χ4v) is 3.64. The third-order valence-electron chi connectivity index (χ3n) is 5.14. The number of azide groups is 1. The summed E-state index contributed by atoms with van der Waals surface area (Å²) in [5.74, 6) is -0.576.